The summed E-state index contributed by atoms with van der Waals surface area (Å²) in [5.74, 6) is 1.29. The Morgan fingerprint density at radius 1 is 1.12 bits per heavy atom. The number of amides is 1. The second-order valence-corrected chi connectivity index (χ2v) is 6.46. The van der Waals surface area contributed by atoms with E-state index in [1.54, 1.807) is 19.1 Å². The highest BCUT2D eigenvalue weighted by Crippen LogP contribution is 2.32. The Hall–Kier alpha value is -2.40. The molecule has 1 amide bonds. The third-order valence-corrected chi connectivity index (χ3v) is 4.22. The van der Waals surface area contributed by atoms with Crippen molar-refractivity contribution in [2.75, 3.05) is 23.8 Å². The number of anilines is 2. The number of carbonyl (C=O) groups is 1. The summed E-state index contributed by atoms with van der Waals surface area (Å²) in [5.41, 5.74) is 2.47. The molecule has 1 unspecified atom stereocenters. The van der Waals surface area contributed by atoms with E-state index in [1.165, 1.54) is 0 Å². The number of halogens is 1. The van der Waals surface area contributed by atoms with Crippen LogP contribution in [0, 0.1) is 6.92 Å². The van der Waals surface area contributed by atoms with Crippen LogP contribution in [0.1, 0.15) is 18.9 Å². The molecule has 0 aromatic heterocycles. The van der Waals surface area contributed by atoms with Crippen molar-refractivity contribution in [3.63, 3.8) is 0 Å². The first-order valence-corrected chi connectivity index (χ1v) is 8.64. The van der Waals surface area contributed by atoms with Gasteiger partial charge in [-0.25, -0.2) is 0 Å². The highest BCUT2D eigenvalue weighted by molar-refractivity contribution is 6.31. The highest BCUT2D eigenvalue weighted by Gasteiger charge is 2.16. The third kappa shape index (κ3) is 4.37. The van der Waals surface area contributed by atoms with Crippen molar-refractivity contribution < 1.29 is 14.3 Å². The van der Waals surface area contributed by atoms with E-state index in [9.17, 15) is 4.79 Å². The molecule has 132 valence electrons. The van der Waals surface area contributed by atoms with Gasteiger partial charge in [0.15, 0.2) is 11.5 Å². The standard InChI is InChI=1S/C19H21ClN2O3/c1-12-4-5-14(20)10-16(12)22-19(23)13(2)21-15-6-7-17-18(11-15)25-9-3-8-24-17/h4-7,10-11,13,21H,3,8-9H2,1-2H3,(H,22,23). The van der Waals surface area contributed by atoms with Gasteiger partial charge in [-0.3, -0.25) is 4.79 Å². The van der Waals surface area contributed by atoms with E-state index in [-0.39, 0.29) is 5.91 Å². The summed E-state index contributed by atoms with van der Waals surface area (Å²) < 4.78 is 11.3. The van der Waals surface area contributed by atoms with Crippen LogP contribution in [0.4, 0.5) is 11.4 Å². The van der Waals surface area contributed by atoms with E-state index < -0.39 is 6.04 Å². The van der Waals surface area contributed by atoms with Crippen LogP contribution in [0.25, 0.3) is 0 Å². The van der Waals surface area contributed by atoms with Crippen LogP contribution in [-0.4, -0.2) is 25.2 Å². The molecule has 0 saturated heterocycles. The van der Waals surface area contributed by atoms with Gasteiger partial charge in [-0.05, 0) is 43.7 Å². The summed E-state index contributed by atoms with van der Waals surface area (Å²) in [6, 6.07) is 10.6. The van der Waals surface area contributed by atoms with Gasteiger partial charge >= 0.3 is 0 Å². The molecule has 1 aliphatic heterocycles. The minimum absolute atomic E-state index is 0.141. The fraction of sp³-hybridized carbons (Fsp3) is 0.316. The van der Waals surface area contributed by atoms with Gasteiger partial charge in [0.2, 0.25) is 5.91 Å². The molecular weight excluding hydrogens is 340 g/mol. The third-order valence-electron chi connectivity index (χ3n) is 3.98. The predicted molar refractivity (Wildman–Crippen MR) is 100.0 cm³/mol. The molecule has 5 nitrogen and oxygen atoms in total. The molecule has 0 radical (unpaired) electrons. The van der Waals surface area contributed by atoms with Crippen LogP contribution >= 0.6 is 11.6 Å². The van der Waals surface area contributed by atoms with Crippen LogP contribution in [-0.2, 0) is 4.79 Å². The molecule has 0 aliphatic carbocycles. The second-order valence-electron chi connectivity index (χ2n) is 6.03. The molecule has 2 aromatic carbocycles. The normalized spacial score (nSPS) is 14.4. The molecule has 2 aromatic rings. The fourth-order valence-electron chi connectivity index (χ4n) is 2.54. The Kier molecular flexibility index (Phi) is 5.34. The SMILES string of the molecule is Cc1ccc(Cl)cc1NC(=O)C(C)Nc1ccc2c(c1)OCCCO2. The van der Waals surface area contributed by atoms with Gasteiger partial charge in [-0.1, -0.05) is 17.7 Å². The van der Waals surface area contributed by atoms with Crippen molar-refractivity contribution in [3.05, 3.63) is 47.0 Å². The Morgan fingerprint density at radius 3 is 2.68 bits per heavy atom. The Morgan fingerprint density at radius 2 is 1.88 bits per heavy atom. The van der Waals surface area contributed by atoms with Gasteiger partial charge in [0.05, 0.1) is 13.2 Å². The maximum atomic E-state index is 12.5. The number of hydrogen-bond donors (Lipinski definition) is 2. The lowest BCUT2D eigenvalue weighted by molar-refractivity contribution is -0.116. The van der Waals surface area contributed by atoms with Crippen molar-refractivity contribution in [2.45, 2.75) is 26.3 Å². The van der Waals surface area contributed by atoms with Crippen LogP contribution < -0.4 is 20.1 Å². The molecule has 25 heavy (non-hydrogen) atoms. The number of ether oxygens (including phenoxy) is 2. The van der Waals surface area contributed by atoms with Crippen LogP contribution in [0.15, 0.2) is 36.4 Å². The van der Waals surface area contributed by atoms with E-state index in [0.29, 0.717) is 29.7 Å². The van der Waals surface area contributed by atoms with Gasteiger partial charge < -0.3 is 20.1 Å². The lowest BCUT2D eigenvalue weighted by Crippen LogP contribution is -2.32. The summed E-state index contributed by atoms with van der Waals surface area (Å²) >= 11 is 6.00. The Bertz CT molecular complexity index is 779. The van der Waals surface area contributed by atoms with Crippen molar-refractivity contribution in [3.8, 4) is 11.5 Å². The summed E-state index contributed by atoms with van der Waals surface area (Å²) in [7, 11) is 0. The van der Waals surface area contributed by atoms with Crippen molar-refractivity contribution in [1.29, 1.82) is 0 Å². The number of hydrogen-bond acceptors (Lipinski definition) is 4. The van der Waals surface area contributed by atoms with Crippen LogP contribution in [0.5, 0.6) is 11.5 Å². The monoisotopic (exact) mass is 360 g/mol. The quantitative estimate of drug-likeness (QED) is 0.855. The minimum Gasteiger partial charge on any atom is -0.490 e. The summed E-state index contributed by atoms with van der Waals surface area (Å²) in [4.78, 5) is 12.5. The summed E-state index contributed by atoms with van der Waals surface area (Å²) in [6.45, 7) is 5.00. The second kappa shape index (κ2) is 7.66. The van der Waals surface area contributed by atoms with Crippen LogP contribution in [0.3, 0.4) is 0 Å². The van der Waals surface area contributed by atoms with Gasteiger partial charge in [0.25, 0.3) is 0 Å². The molecule has 0 spiro atoms. The zero-order chi connectivity index (χ0) is 17.8. The lowest BCUT2D eigenvalue weighted by Gasteiger charge is -2.17. The van der Waals surface area contributed by atoms with Gasteiger partial charge in [0, 0.05) is 28.9 Å². The molecule has 6 heteroatoms. The molecule has 1 aliphatic rings. The number of benzene rings is 2. The van der Waals surface area contributed by atoms with Crippen molar-refractivity contribution in [2.24, 2.45) is 0 Å². The number of rotatable bonds is 4. The first-order valence-electron chi connectivity index (χ1n) is 8.26. The largest absolute Gasteiger partial charge is 0.490 e. The van der Waals surface area contributed by atoms with Crippen molar-refractivity contribution in [1.82, 2.24) is 0 Å². The number of fused-ring (bicyclic) bond motifs is 1. The topological polar surface area (TPSA) is 59.6 Å². The van der Waals surface area contributed by atoms with E-state index >= 15 is 0 Å². The van der Waals surface area contributed by atoms with Gasteiger partial charge in [-0.2, -0.15) is 0 Å². The van der Waals surface area contributed by atoms with E-state index in [4.69, 9.17) is 21.1 Å². The molecule has 1 atom stereocenters. The number of aryl methyl sites for hydroxylation is 1. The molecule has 0 saturated carbocycles. The summed E-state index contributed by atoms with van der Waals surface area (Å²) in [6.07, 6.45) is 0.856. The minimum atomic E-state index is -0.428. The molecule has 2 N–H and O–H groups in total. The first kappa shape index (κ1) is 17.4. The molecule has 0 fully saturated rings. The zero-order valence-corrected chi connectivity index (χ0v) is 15.0. The lowest BCUT2D eigenvalue weighted by atomic mass is 10.2. The fourth-order valence-corrected chi connectivity index (χ4v) is 2.71. The average Bonchev–Trinajstić information content (AvgIpc) is 2.83. The maximum Gasteiger partial charge on any atom is 0.246 e. The molecule has 0 bridgehead atoms. The van der Waals surface area contributed by atoms with E-state index in [0.717, 1.165) is 23.4 Å². The van der Waals surface area contributed by atoms with Crippen LogP contribution in [0.2, 0.25) is 5.02 Å². The maximum absolute atomic E-state index is 12.5. The van der Waals surface area contributed by atoms with Crippen molar-refractivity contribution >= 4 is 28.9 Å². The highest BCUT2D eigenvalue weighted by atomic mass is 35.5. The number of nitrogens with one attached hydrogen (secondary N) is 2. The van der Waals surface area contributed by atoms with E-state index in [2.05, 4.69) is 10.6 Å². The Labute approximate surface area is 152 Å². The van der Waals surface area contributed by atoms with Gasteiger partial charge in [0.1, 0.15) is 6.04 Å². The molecule has 1 heterocycles. The smallest absolute Gasteiger partial charge is 0.246 e. The summed E-state index contributed by atoms with van der Waals surface area (Å²) in [5, 5.41) is 6.67. The zero-order valence-electron chi connectivity index (χ0n) is 14.3. The average molecular weight is 361 g/mol. The molecule has 3 rings (SSSR count). The van der Waals surface area contributed by atoms with E-state index in [1.807, 2.05) is 31.2 Å². The predicted octanol–water partition coefficient (Wildman–Crippen LogP) is 4.25. The molecular formula is C19H21ClN2O3. The first-order chi connectivity index (χ1) is 12.0. The Balaban J connectivity index is 1.67. The number of carbonyl (C=O) groups excluding carboxylic acids is 1. The van der Waals surface area contributed by atoms with Gasteiger partial charge in [-0.15, -0.1) is 0 Å².